The van der Waals surface area contributed by atoms with Crippen LogP contribution in [0.4, 0.5) is 0 Å². The number of aliphatic hydroxyl groups is 1. The van der Waals surface area contributed by atoms with Crippen molar-refractivity contribution in [1.82, 2.24) is 16.0 Å². The molecule has 4 aliphatic rings. The van der Waals surface area contributed by atoms with E-state index in [1.54, 1.807) is 0 Å². The molecule has 0 saturated heterocycles. The minimum absolute atomic E-state index is 0.116. The van der Waals surface area contributed by atoms with Crippen molar-refractivity contribution in [2.45, 2.75) is 131 Å². The fraction of sp³-hybridized carbons (Fsp3) is 0.973. The maximum Gasteiger partial charge on any atom is 0.223 e. The number of amides is 1. The molecule has 10 atom stereocenters. The number of aliphatic hydroxyl groups excluding tert-OH is 1. The highest BCUT2D eigenvalue weighted by Gasteiger charge is 2.67. The van der Waals surface area contributed by atoms with Crippen LogP contribution in [0.25, 0.3) is 0 Å². The molecule has 6 N–H and O–H groups in total. The quantitative estimate of drug-likeness (QED) is 0.137. The summed E-state index contributed by atoms with van der Waals surface area (Å²) >= 11 is 0. The van der Waals surface area contributed by atoms with Crippen molar-refractivity contribution in [1.29, 1.82) is 0 Å². The van der Waals surface area contributed by atoms with Crippen LogP contribution in [-0.4, -0.2) is 56.4 Å². The highest BCUT2D eigenvalue weighted by Crippen LogP contribution is 2.74. The summed E-state index contributed by atoms with van der Waals surface area (Å²) in [5, 5.41) is 21.1. The third-order valence-electron chi connectivity index (χ3n) is 14.0. The molecule has 0 bridgehead atoms. The Kier molecular flexibility index (Phi) is 12.5. The number of carbonyl (C=O) groups is 1. The minimum Gasteiger partial charge on any atom is -0.393 e. The van der Waals surface area contributed by atoms with E-state index in [1.165, 1.54) is 51.4 Å². The van der Waals surface area contributed by atoms with E-state index < -0.39 is 0 Å². The Bertz CT molecular complexity index is 883. The number of rotatable bonds is 16. The molecular formula is C37H70N4O2. The molecule has 0 spiro atoms. The SMILES string of the molecule is CC(C)CCCC(C(=O)NCCCNCCNCCCN)[C@H]1CC[C@@]2(C)C1CCC1C3(C)CC[C@H](O)[C@@H](C)C3CC[C@@]12C. The van der Waals surface area contributed by atoms with Crippen LogP contribution in [0.3, 0.4) is 0 Å². The first-order chi connectivity index (χ1) is 20.5. The van der Waals surface area contributed by atoms with Crippen LogP contribution in [0.1, 0.15) is 125 Å². The molecule has 6 nitrogen and oxygen atoms in total. The van der Waals surface area contributed by atoms with Crippen LogP contribution < -0.4 is 21.7 Å². The van der Waals surface area contributed by atoms with E-state index in [-0.39, 0.29) is 12.0 Å². The predicted octanol–water partition coefficient (Wildman–Crippen LogP) is 6.12. The van der Waals surface area contributed by atoms with Gasteiger partial charge in [0.1, 0.15) is 0 Å². The van der Waals surface area contributed by atoms with Crippen molar-refractivity contribution >= 4 is 5.91 Å². The van der Waals surface area contributed by atoms with Gasteiger partial charge >= 0.3 is 0 Å². The number of fused-ring (bicyclic) bond motifs is 5. The molecule has 43 heavy (non-hydrogen) atoms. The lowest BCUT2D eigenvalue weighted by Gasteiger charge is -2.68. The normalized spacial score (nSPS) is 39.7. The van der Waals surface area contributed by atoms with Crippen LogP contribution in [0.2, 0.25) is 0 Å². The van der Waals surface area contributed by atoms with Gasteiger partial charge in [0.25, 0.3) is 0 Å². The molecule has 4 aliphatic carbocycles. The summed E-state index contributed by atoms with van der Waals surface area (Å²) in [6, 6.07) is 0. The first-order valence-electron chi connectivity index (χ1n) is 18.6. The van der Waals surface area contributed by atoms with Gasteiger partial charge in [-0.25, -0.2) is 0 Å². The third kappa shape index (κ3) is 7.33. The monoisotopic (exact) mass is 603 g/mol. The van der Waals surface area contributed by atoms with Gasteiger partial charge in [-0.05, 0) is 142 Å². The van der Waals surface area contributed by atoms with Crippen molar-refractivity contribution in [3.63, 3.8) is 0 Å². The predicted molar refractivity (Wildman–Crippen MR) is 180 cm³/mol. The molecule has 5 unspecified atom stereocenters. The second kappa shape index (κ2) is 15.3. The summed E-state index contributed by atoms with van der Waals surface area (Å²) in [6.45, 7) is 20.2. The van der Waals surface area contributed by atoms with Gasteiger partial charge in [-0.3, -0.25) is 4.79 Å². The average Bonchev–Trinajstić information content (AvgIpc) is 3.32. The van der Waals surface area contributed by atoms with Gasteiger partial charge in [0, 0.05) is 25.6 Å². The van der Waals surface area contributed by atoms with E-state index in [2.05, 4.69) is 57.5 Å². The molecule has 4 fully saturated rings. The molecular weight excluding hydrogens is 532 g/mol. The Balaban J connectivity index is 1.38. The summed E-state index contributed by atoms with van der Waals surface area (Å²) < 4.78 is 0. The topological polar surface area (TPSA) is 99.4 Å². The zero-order valence-electron chi connectivity index (χ0n) is 29.0. The fourth-order valence-corrected chi connectivity index (χ4v) is 11.4. The van der Waals surface area contributed by atoms with Crippen LogP contribution in [0.5, 0.6) is 0 Å². The van der Waals surface area contributed by atoms with E-state index in [1.807, 2.05) is 0 Å². The molecule has 0 radical (unpaired) electrons. The maximum absolute atomic E-state index is 13.9. The molecule has 1 amide bonds. The number of hydrogen-bond donors (Lipinski definition) is 5. The molecule has 0 aromatic heterocycles. The van der Waals surface area contributed by atoms with Gasteiger partial charge in [-0.15, -0.1) is 0 Å². The Morgan fingerprint density at radius 2 is 1.51 bits per heavy atom. The third-order valence-corrected chi connectivity index (χ3v) is 14.0. The molecule has 0 aliphatic heterocycles. The summed E-state index contributed by atoms with van der Waals surface area (Å²) in [5.74, 6) is 4.17. The molecule has 4 saturated carbocycles. The number of nitrogens with one attached hydrogen (secondary N) is 3. The Hall–Kier alpha value is -0.690. The first kappa shape index (κ1) is 35.2. The second-order valence-corrected chi connectivity index (χ2v) is 16.6. The second-order valence-electron chi connectivity index (χ2n) is 16.6. The van der Waals surface area contributed by atoms with E-state index in [4.69, 9.17) is 5.73 Å². The van der Waals surface area contributed by atoms with Crippen LogP contribution in [0.15, 0.2) is 0 Å². The lowest BCUT2D eigenvalue weighted by atomic mass is 9.37. The van der Waals surface area contributed by atoms with Gasteiger partial charge < -0.3 is 26.8 Å². The van der Waals surface area contributed by atoms with Gasteiger partial charge in [-0.1, -0.05) is 54.4 Å². The van der Waals surface area contributed by atoms with Crippen LogP contribution >= 0.6 is 0 Å². The van der Waals surface area contributed by atoms with Crippen molar-refractivity contribution in [2.24, 2.45) is 63.4 Å². The zero-order chi connectivity index (χ0) is 31.3. The Morgan fingerprint density at radius 1 is 0.814 bits per heavy atom. The lowest BCUT2D eigenvalue weighted by molar-refractivity contribution is -0.203. The van der Waals surface area contributed by atoms with Crippen molar-refractivity contribution < 1.29 is 9.90 Å². The molecule has 4 rings (SSSR count). The van der Waals surface area contributed by atoms with Gasteiger partial charge in [0.05, 0.1) is 6.10 Å². The number of nitrogens with two attached hydrogens (primary N) is 1. The Morgan fingerprint density at radius 3 is 2.21 bits per heavy atom. The largest absolute Gasteiger partial charge is 0.393 e. The zero-order valence-corrected chi connectivity index (χ0v) is 29.0. The lowest BCUT2D eigenvalue weighted by Crippen LogP contribution is -2.62. The molecule has 0 aromatic rings. The summed E-state index contributed by atoms with van der Waals surface area (Å²) in [7, 11) is 0. The van der Waals surface area contributed by atoms with Gasteiger partial charge in [0.2, 0.25) is 5.91 Å². The van der Waals surface area contributed by atoms with Crippen molar-refractivity contribution in [2.75, 3.05) is 39.3 Å². The van der Waals surface area contributed by atoms with Crippen LogP contribution in [0, 0.1) is 57.7 Å². The number of carbonyl (C=O) groups excluding carboxylic acids is 1. The van der Waals surface area contributed by atoms with E-state index in [9.17, 15) is 9.90 Å². The van der Waals surface area contributed by atoms with Gasteiger partial charge in [-0.2, -0.15) is 0 Å². The van der Waals surface area contributed by atoms with E-state index in [0.717, 1.165) is 77.3 Å². The fourth-order valence-electron chi connectivity index (χ4n) is 11.4. The van der Waals surface area contributed by atoms with E-state index >= 15 is 0 Å². The maximum atomic E-state index is 13.9. The summed E-state index contributed by atoms with van der Waals surface area (Å²) in [6.07, 6.45) is 15.1. The average molecular weight is 603 g/mol. The first-order valence-corrected chi connectivity index (χ1v) is 18.6. The van der Waals surface area contributed by atoms with Crippen molar-refractivity contribution in [3.8, 4) is 0 Å². The van der Waals surface area contributed by atoms with Crippen LogP contribution in [-0.2, 0) is 4.79 Å². The highest BCUT2D eigenvalue weighted by atomic mass is 16.3. The Labute approximate surface area is 265 Å². The standard InChI is InChI=1S/C37H70N4O2/c1-26(2)10-7-11-29(34(43)41-23-9-22-40-25-24-39-21-8-20-38)28-14-18-36(5)31(28)12-13-33-35(4)17-16-32(42)27(3)30(35)15-19-37(33,36)6/h26-33,39-40,42H,7-25,38H2,1-6H3,(H,41,43)/t27-,28+,29?,30?,31?,32-,33?,35?,36-,37-/m0/s1. The molecule has 6 heteroatoms. The van der Waals surface area contributed by atoms with Gasteiger partial charge in [0.15, 0.2) is 0 Å². The summed E-state index contributed by atoms with van der Waals surface area (Å²) in [5.41, 5.74) is 6.55. The molecule has 250 valence electrons. The molecule has 0 heterocycles. The molecule has 0 aromatic carbocycles. The summed E-state index contributed by atoms with van der Waals surface area (Å²) in [4.78, 5) is 13.9. The smallest absolute Gasteiger partial charge is 0.223 e. The highest BCUT2D eigenvalue weighted by molar-refractivity contribution is 5.79. The number of hydrogen-bond acceptors (Lipinski definition) is 5. The van der Waals surface area contributed by atoms with E-state index in [0.29, 0.717) is 51.7 Å². The van der Waals surface area contributed by atoms with Crippen molar-refractivity contribution in [3.05, 3.63) is 0 Å². The minimum atomic E-state index is -0.116.